The second-order valence-corrected chi connectivity index (χ2v) is 10.2. The lowest BCUT2D eigenvalue weighted by atomic mass is 9.90. The molecule has 4 heterocycles. The van der Waals surface area contributed by atoms with E-state index in [-0.39, 0.29) is 17.0 Å². The molecule has 6 rings (SSSR count). The van der Waals surface area contributed by atoms with Crippen molar-refractivity contribution in [3.05, 3.63) is 52.6 Å². The Morgan fingerprint density at radius 3 is 2.97 bits per heavy atom. The number of fused-ring (bicyclic) bond motifs is 3. The third-order valence-electron chi connectivity index (χ3n) is 7.34. The smallest absolute Gasteiger partial charge is 0.164 e. The summed E-state index contributed by atoms with van der Waals surface area (Å²) in [5.41, 5.74) is 6.62. The molecule has 0 radical (unpaired) electrons. The zero-order valence-corrected chi connectivity index (χ0v) is 20.4. The van der Waals surface area contributed by atoms with Crippen molar-refractivity contribution in [1.82, 2.24) is 19.5 Å². The van der Waals surface area contributed by atoms with Gasteiger partial charge < -0.3 is 30.6 Å². The van der Waals surface area contributed by atoms with Gasteiger partial charge in [0.25, 0.3) is 0 Å². The lowest BCUT2D eigenvalue weighted by molar-refractivity contribution is -0.0675. The van der Waals surface area contributed by atoms with E-state index in [1.54, 1.807) is 7.05 Å². The van der Waals surface area contributed by atoms with E-state index in [2.05, 4.69) is 36.2 Å². The molecular weight excluding hydrogens is 519 g/mol. The van der Waals surface area contributed by atoms with E-state index in [1.807, 2.05) is 24.3 Å². The van der Waals surface area contributed by atoms with E-state index >= 15 is 0 Å². The van der Waals surface area contributed by atoms with Gasteiger partial charge in [-0.25, -0.2) is 19.3 Å². The molecule has 5 N–H and O–H groups in total. The van der Waals surface area contributed by atoms with Crippen molar-refractivity contribution >= 4 is 49.5 Å². The Morgan fingerprint density at radius 2 is 2.17 bits per heavy atom. The summed E-state index contributed by atoms with van der Waals surface area (Å²) in [6.07, 6.45) is 1.43. The minimum Gasteiger partial charge on any atom is -0.385 e. The number of halogens is 2. The van der Waals surface area contributed by atoms with Gasteiger partial charge in [0.1, 0.15) is 29.7 Å². The van der Waals surface area contributed by atoms with Crippen LogP contribution in [0.1, 0.15) is 24.6 Å². The molecule has 0 amide bonds. The van der Waals surface area contributed by atoms with Crippen molar-refractivity contribution in [2.75, 3.05) is 18.1 Å². The first-order valence-corrected chi connectivity index (χ1v) is 12.2. The van der Waals surface area contributed by atoms with Crippen LogP contribution in [0.5, 0.6) is 0 Å². The third-order valence-corrected chi connectivity index (χ3v) is 7.97. The molecule has 1 unspecified atom stereocenters. The van der Waals surface area contributed by atoms with Crippen LogP contribution >= 0.6 is 15.9 Å². The molecule has 2 aliphatic rings. The van der Waals surface area contributed by atoms with Crippen molar-refractivity contribution in [3.8, 4) is 0 Å². The van der Waals surface area contributed by atoms with E-state index < -0.39 is 29.9 Å². The van der Waals surface area contributed by atoms with E-state index in [0.29, 0.717) is 30.9 Å². The number of hydrogen-bond donors (Lipinski definition) is 4. The molecule has 1 aliphatic heterocycles. The van der Waals surface area contributed by atoms with Gasteiger partial charge in [-0.05, 0) is 58.8 Å². The fourth-order valence-corrected chi connectivity index (χ4v) is 5.95. The average Bonchev–Trinajstić information content (AvgIpc) is 3.43. The van der Waals surface area contributed by atoms with E-state index in [0.717, 1.165) is 20.9 Å². The molecule has 3 aromatic heterocycles. The number of anilines is 2. The predicted molar refractivity (Wildman–Crippen MR) is 132 cm³/mol. The van der Waals surface area contributed by atoms with Gasteiger partial charge in [0.2, 0.25) is 0 Å². The van der Waals surface area contributed by atoms with E-state index in [4.69, 9.17) is 10.5 Å². The largest absolute Gasteiger partial charge is 0.385 e. The van der Waals surface area contributed by atoms with Crippen LogP contribution in [0.25, 0.3) is 21.9 Å². The highest BCUT2D eigenvalue weighted by Gasteiger charge is 2.61. The number of aliphatic hydroxyl groups is 2. The number of rotatable bonds is 4. The van der Waals surface area contributed by atoms with Crippen molar-refractivity contribution in [1.29, 1.82) is 0 Å². The standard InChI is InChI=1S/C24H24BrFN6O3/c1-28-21-17-15(26)9-32(22(17)30-10-29-21)23-18(33)24(34)5-4-13(19(24)35-23)6-11-2-3-12-8-14(25)20(27)31-16(12)7-11/h2-3,7-10,13,18-19,23,33-34H,4-6H2,1H3,(H2,27,31)(H,28,29,30)/t13-,18?,19+,23+,24-/m0/s1. The highest BCUT2D eigenvalue weighted by atomic mass is 79.9. The van der Waals surface area contributed by atoms with Gasteiger partial charge in [0.15, 0.2) is 17.7 Å². The fourth-order valence-electron chi connectivity index (χ4n) is 5.62. The van der Waals surface area contributed by atoms with Crippen LogP contribution in [0, 0.1) is 11.7 Å². The molecule has 11 heteroatoms. The molecule has 1 saturated carbocycles. The Balaban J connectivity index is 1.31. The van der Waals surface area contributed by atoms with Crippen molar-refractivity contribution in [2.45, 2.75) is 43.3 Å². The van der Waals surface area contributed by atoms with Crippen molar-refractivity contribution in [2.24, 2.45) is 5.92 Å². The molecule has 1 aliphatic carbocycles. The Hall–Kier alpha value is -2.86. The van der Waals surface area contributed by atoms with Gasteiger partial charge in [-0.1, -0.05) is 12.1 Å². The van der Waals surface area contributed by atoms with Gasteiger partial charge >= 0.3 is 0 Å². The molecule has 9 nitrogen and oxygen atoms in total. The zero-order chi connectivity index (χ0) is 24.5. The highest BCUT2D eigenvalue weighted by Crippen LogP contribution is 2.51. The number of nitrogens with zero attached hydrogens (tertiary/aromatic N) is 4. The van der Waals surface area contributed by atoms with Gasteiger partial charge in [-0.15, -0.1) is 0 Å². The molecule has 1 saturated heterocycles. The van der Waals surface area contributed by atoms with Crippen LogP contribution in [-0.2, 0) is 11.2 Å². The Morgan fingerprint density at radius 1 is 1.34 bits per heavy atom. The number of aromatic nitrogens is 4. The Bertz CT molecular complexity index is 1460. The SMILES string of the molecule is CNc1ncnc2c1c(F)cn2[C@@H]1O[C@@H]2[C@H](Cc3ccc4cc(Br)c(N)nc4c3)CC[C@]2(O)C1O. The molecular formula is C24H24BrFN6O3. The maximum atomic E-state index is 14.8. The fraction of sp³-hybridized carbons (Fsp3) is 0.375. The lowest BCUT2D eigenvalue weighted by Crippen LogP contribution is -2.45. The van der Waals surface area contributed by atoms with E-state index in [1.165, 1.54) is 17.1 Å². The number of benzene rings is 1. The topological polar surface area (TPSA) is 131 Å². The summed E-state index contributed by atoms with van der Waals surface area (Å²) in [5, 5.41) is 26.6. The van der Waals surface area contributed by atoms with Gasteiger partial charge in [-0.2, -0.15) is 0 Å². The Labute approximate surface area is 208 Å². The summed E-state index contributed by atoms with van der Waals surface area (Å²) in [5.74, 6) is 0.189. The van der Waals surface area contributed by atoms with Crippen LogP contribution in [0.3, 0.4) is 0 Å². The van der Waals surface area contributed by atoms with Crippen molar-refractivity contribution in [3.63, 3.8) is 0 Å². The number of nitrogens with one attached hydrogen (secondary N) is 1. The molecule has 2 fully saturated rings. The monoisotopic (exact) mass is 542 g/mol. The first kappa shape index (κ1) is 22.6. The number of pyridine rings is 1. The predicted octanol–water partition coefficient (Wildman–Crippen LogP) is 3.15. The first-order chi connectivity index (χ1) is 16.8. The quantitative estimate of drug-likeness (QED) is 0.309. The number of hydrogen-bond acceptors (Lipinski definition) is 8. The summed E-state index contributed by atoms with van der Waals surface area (Å²) in [4.78, 5) is 12.7. The minimum absolute atomic E-state index is 0.0425. The molecule has 0 spiro atoms. The minimum atomic E-state index is -1.44. The number of nitrogen functional groups attached to an aromatic ring is 1. The maximum absolute atomic E-state index is 14.8. The molecule has 0 bridgehead atoms. The highest BCUT2D eigenvalue weighted by molar-refractivity contribution is 9.10. The van der Waals surface area contributed by atoms with Crippen LogP contribution in [-0.4, -0.2) is 54.6 Å². The lowest BCUT2D eigenvalue weighted by Gasteiger charge is -2.26. The van der Waals surface area contributed by atoms with Gasteiger partial charge in [0, 0.05) is 18.6 Å². The maximum Gasteiger partial charge on any atom is 0.164 e. The molecule has 1 aromatic carbocycles. The summed E-state index contributed by atoms with van der Waals surface area (Å²) in [6, 6.07) is 7.94. The molecule has 4 aromatic rings. The van der Waals surface area contributed by atoms with Crippen LogP contribution < -0.4 is 11.1 Å². The summed E-state index contributed by atoms with van der Waals surface area (Å²) >= 11 is 3.40. The average molecular weight is 543 g/mol. The van der Waals surface area contributed by atoms with E-state index in [9.17, 15) is 14.6 Å². The first-order valence-electron chi connectivity index (χ1n) is 11.4. The summed E-state index contributed by atoms with van der Waals surface area (Å²) < 4.78 is 23.3. The molecule has 35 heavy (non-hydrogen) atoms. The Kier molecular flexibility index (Phi) is 5.22. The van der Waals surface area contributed by atoms with Crippen molar-refractivity contribution < 1.29 is 19.3 Å². The zero-order valence-electron chi connectivity index (χ0n) is 18.8. The van der Waals surface area contributed by atoms with Crippen LogP contribution in [0.2, 0.25) is 0 Å². The molecule has 182 valence electrons. The van der Waals surface area contributed by atoms with Gasteiger partial charge in [0.05, 0.1) is 21.5 Å². The summed E-state index contributed by atoms with van der Waals surface area (Å²) in [7, 11) is 1.65. The third kappa shape index (κ3) is 3.40. The van der Waals surface area contributed by atoms with Gasteiger partial charge in [-0.3, -0.25) is 0 Å². The number of aliphatic hydroxyl groups excluding tert-OH is 1. The second-order valence-electron chi connectivity index (χ2n) is 9.32. The van der Waals surface area contributed by atoms with Crippen LogP contribution in [0.4, 0.5) is 16.0 Å². The van der Waals surface area contributed by atoms with Crippen LogP contribution in [0.15, 0.2) is 41.3 Å². The number of ether oxygens (including phenoxy) is 1. The summed E-state index contributed by atoms with van der Waals surface area (Å²) in [6.45, 7) is 0. The normalized spacial score (nSPS) is 28.1. The second kappa shape index (κ2) is 8.09. The molecule has 5 atom stereocenters. The number of nitrogens with two attached hydrogens (primary N) is 1.